The number of hydrogen-bond acceptors (Lipinski definition) is 3. The molecule has 1 N–H and O–H groups in total. The van der Waals surface area contributed by atoms with Crippen molar-refractivity contribution < 1.29 is 14.4 Å². The van der Waals surface area contributed by atoms with Crippen molar-refractivity contribution in [2.75, 3.05) is 6.54 Å². The summed E-state index contributed by atoms with van der Waals surface area (Å²) in [5.41, 5.74) is 1.46. The van der Waals surface area contributed by atoms with Gasteiger partial charge in [-0.1, -0.05) is 24.8 Å². The Hall–Kier alpha value is -2.17. The van der Waals surface area contributed by atoms with Gasteiger partial charge in [-0.15, -0.1) is 0 Å². The number of allylic oxidation sites excluding steroid dienone is 3. The van der Waals surface area contributed by atoms with Gasteiger partial charge >= 0.3 is 0 Å². The molecular weight excluding hydrogens is 244 g/mol. The molecule has 1 atom stereocenters. The molecule has 0 aliphatic carbocycles. The van der Waals surface area contributed by atoms with Gasteiger partial charge in [0.1, 0.15) is 6.04 Å². The molecule has 5 nitrogen and oxygen atoms in total. The summed E-state index contributed by atoms with van der Waals surface area (Å²) in [5, 5.41) is 2.28. The van der Waals surface area contributed by atoms with E-state index in [2.05, 4.69) is 11.9 Å². The molecule has 2 aliphatic heterocycles. The Kier molecular flexibility index (Phi) is 3.64. The van der Waals surface area contributed by atoms with Gasteiger partial charge in [0.15, 0.2) is 0 Å². The van der Waals surface area contributed by atoms with E-state index >= 15 is 0 Å². The molecule has 19 heavy (non-hydrogen) atoms. The zero-order valence-corrected chi connectivity index (χ0v) is 10.8. The maximum atomic E-state index is 12.3. The van der Waals surface area contributed by atoms with Gasteiger partial charge < -0.3 is 4.90 Å². The highest BCUT2D eigenvalue weighted by Gasteiger charge is 2.40. The highest BCUT2D eigenvalue weighted by molar-refractivity contribution is 6.06. The fourth-order valence-electron chi connectivity index (χ4n) is 2.46. The van der Waals surface area contributed by atoms with E-state index in [0.29, 0.717) is 18.5 Å². The van der Waals surface area contributed by atoms with Gasteiger partial charge in [-0.2, -0.15) is 0 Å². The van der Waals surface area contributed by atoms with E-state index in [9.17, 15) is 14.4 Å². The Labute approximate surface area is 111 Å². The predicted octanol–water partition coefficient (Wildman–Crippen LogP) is 0.692. The molecule has 2 fully saturated rings. The molecule has 0 aromatic heterocycles. The lowest BCUT2D eigenvalue weighted by Gasteiger charge is -2.28. The summed E-state index contributed by atoms with van der Waals surface area (Å²) >= 11 is 0. The van der Waals surface area contributed by atoms with E-state index in [1.807, 2.05) is 0 Å². The monoisotopic (exact) mass is 260 g/mol. The van der Waals surface area contributed by atoms with Gasteiger partial charge in [-0.25, -0.2) is 0 Å². The van der Waals surface area contributed by atoms with Crippen molar-refractivity contribution >= 4 is 17.7 Å². The summed E-state index contributed by atoms with van der Waals surface area (Å²) in [7, 11) is 0. The van der Waals surface area contributed by atoms with Gasteiger partial charge in [0.25, 0.3) is 5.91 Å². The van der Waals surface area contributed by atoms with Crippen LogP contribution >= 0.6 is 0 Å². The quantitative estimate of drug-likeness (QED) is 0.587. The van der Waals surface area contributed by atoms with E-state index in [4.69, 9.17) is 0 Å². The average Bonchev–Trinajstić information content (AvgIpc) is 2.66. The van der Waals surface area contributed by atoms with Gasteiger partial charge in [-0.05, 0) is 18.9 Å². The number of amides is 3. The predicted molar refractivity (Wildman–Crippen MR) is 69.9 cm³/mol. The second-order valence-corrected chi connectivity index (χ2v) is 4.53. The highest BCUT2D eigenvalue weighted by atomic mass is 16.2. The highest BCUT2D eigenvalue weighted by Crippen LogP contribution is 2.27. The second-order valence-electron chi connectivity index (χ2n) is 4.53. The molecule has 0 aromatic carbocycles. The first-order valence-electron chi connectivity index (χ1n) is 6.21. The van der Waals surface area contributed by atoms with Crippen LogP contribution in [-0.2, 0) is 14.4 Å². The van der Waals surface area contributed by atoms with E-state index in [1.54, 1.807) is 25.2 Å². The summed E-state index contributed by atoms with van der Waals surface area (Å²) in [4.78, 5) is 36.7. The molecule has 0 aromatic rings. The first-order valence-corrected chi connectivity index (χ1v) is 6.21. The number of nitrogens with zero attached hydrogens (tertiary/aromatic N) is 1. The van der Waals surface area contributed by atoms with Gasteiger partial charge in [-0.3, -0.25) is 19.7 Å². The third kappa shape index (κ3) is 2.36. The van der Waals surface area contributed by atoms with Gasteiger partial charge in [0.05, 0.1) is 0 Å². The van der Waals surface area contributed by atoms with E-state index in [-0.39, 0.29) is 24.1 Å². The Balaban J connectivity index is 2.25. The Bertz CT molecular complexity index is 517. The van der Waals surface area contributed by atoms with Crippen LogP contribution in [0.5, 0.6) is 0 Å². The lowest BCUT2D eigenvalue weighted by atomic mass is 10.0. The summed E-state index contributed by atoms with van der Waals surface area (Å²) < 4.78 is 0. The maximum Gasteiger partial charge on any atom is 0.254 e. The standard InChI is InChI=1S/C14H16N2O3/c1-3-5-9-8-16(14(19)10(9)4-2)11-6-7-12(17)15-13(11)18/h3-5,11H,1,6-8H2,2H3,(H,15,17,18)/b9-5-,10-4+. The first-order chi connectivity index (χ1) is 9.08. The number of rotatable bonds is 2. The molecule has 0 bridgehead atoms. The number of hydrogen-bond donors (Lipinski definition) is 1. The summed E-state index contributed by atoms with van der Waals surface area (Å²) in [6.07, 6.45) is 5.80. The third-order valence-corrected chi connectivity index (χ3v) is 3.37. The van der Waals surface area contributed by atoms with Crippen LogP contribution in [0.1, 0.15) is 19.8 Å². The number of imide groups is 1. The van der Waals surface area contributed by atoms with Crippen LogP contribution in [0.25, 0.3) is 0 Å². The number of likely N-dealkylation sites (tertiary alicyclic amines) is 1. The molecule has 2 rings (SSSR count). The minimum Gasteiger partial charge on any atom is -0.322 e. The van der Waals surface area contributed by atoms with Crippen molar-refractivity contribution in [2.24, 2.45) is 0 Å². The Morgan fingerprint density at radius 3 is 2.68 bits per heavy atom. The minimum absolute atomic E-state index is 0.162. The SMILES string of the molecule is C=C/C=C1/CN(C2CCC(=O)NC2=O)C(=O)/C1=C/C. The van der Waals surface area contributed by atoms with Crippen LogP contribution in [0, 0.1) is 0 Å². The normalized spacial score (nSPS) is 28.2. The average molecular weight is 260 g/mol. The molecule has 0 spiro atoms. The zero-order chi connectivity index (χ0) is 14.0. The summed E-state index contributed by atoms with van der Waals surface area (Å²) in [5.74, 6) is -0.828. The van der Waals surface area contributed by atoms with Crippen LogP contribution in [0.15, 0.2) is 36.0 Å². The van der Waals surface area contributed by atoms with Crippen LogP contribution in [0.2, 0.25) is 0 Å². The molecule has 2 aliphatic rings. The zero-order valence-electron chi connectivity index (χ0n) is 10.8. The third-order valence-electron chi connectivity index (χ3n) is 3.37. The van der Waals surface area contributed by atoms with Gasteiger partial charge in [0, 0.05) is 18.5 Å². The smallest absolute Gasteiger partial charge is 0.254 e. The Morgan fingerprint density at radius 1 is 1.37 bits per heavy atom. The summed E-state index contributed by atoms with van der Waals surface area (Å²) in [6, 6.07) is -0.559. The van der Waals surface area contributed by atoms with Crippen molar-refractivity contribution in [1.82, 2.24) is 10.2 Å². The molecule has 1 unspecified atom stereocenters. The van der Waals surface area contributed by atoms with E-state index in [1.165, 1.54) is 4.90 Å². The van der Waals surface area contributed by atoms with Crippen molar-refractivity contribution in [3.05, 3.63) is 36.0 Å². The largest absolute Gasteiger partial charge is 0.322 e. The number of piperidine rings is 1. The van der Waals surface area contributed by atoms with Crippen LogP contribution in [-0.4, -0.2) is 35.2 Å². The topological polar surface area (TPSA) is 66.5 Å². The second kappa shape index (κ2) is 5.22. The fourth-order valence-corrected chi connectivity index (χ4v) is 2.46. The lowest BCUT2D eigenvalue weighted by Crippen LogP contribution is -2.52. The molecule has 5 heteroatoms. The molecule has 0 radical (unpaired) electrons. The molecule has 2 heterocycles. The maximum absolute atomic E-state index is 12.3. The van der Waals surface area contributed by atoms with Crippen LogP contribution in [0.4, 0.5) is 0 Å². The summed E-state index contributed by atoms with van der Waals surface area (Å²) in [6.45, 7) is 5.80. The van der Waals surface area contributed by atoms with E-state index < -0.39 is 6.04 Å². The molecule has 0 saturated carbocycles. The Morgan fingerprint density at radius 2 is 2.11 bits per heavy atom. The van der Waals surface area contributed by atoms with E-state index in [0.717, 1.165) is 5.57 Å². The molecule has 3 amide bonds. The van der Waals surface area contributed by atoms with Crippen LogP contribution in [0.3, 0.4) is 0 Å². The lowest BCUT2D eigenvalue weighted by molar-refractivity contribution is -0.142. The van der Waals surface area contributed by atoms with Crippen LogP contribution < -0.4 is 5.32 Å². The minimum atomic E-state index is -0.559. The van der Waals surface area contributed by atoms with Gasteiger partial charge in [0.2, 0.25) is 11.8 Å². The number of carbonyl (C=O) groups excluding carboxylic acids is 3. The molecule has 2 saturated heterocycles. The van der Waals surface area contributed by atoms with Crippen molar-refractivity contribution in [3.8, 4) is 0 Å². The molecule has 100 valence electrons. The number of nitrogens with one attached hydrogen (secondary N) is 1. The molecular formula is C14H16N2O3. The van der Waals surface area contributed by atoms with Crippen molar-refractivity contribution in [2.45, 2.75) is 25.8 Å². The number of carbonyl (C=O) groups is 3. The van der Waals surface area contributed by atoms with Crippen molar-refractivity contribution in [1.29, 1.82) is 0 Å². The first kappa shape index (κ1) is 13.3. The fraction of sp³-hybridized carbons (Fsp3) is 0.357. The van der Waals surface area contributed by atoms with Crippen molar-refractivity contribution in [3.63, 3.8) is 0 Å².